The summed E-state index contributed by atoms with van der Waals surface area (Å²) >= 11 is 0. The number of sulfonamides is 1. The maximum Gasteiger partial charge on any atom is 0.267 e. The molecule has 0 spiro atoms. The van der Waals surface area contributed by atoms with Gasteiger partial charge < -0.3 is 5.73 Å². The van der Waals surface area contributed by atoms with Crippen LogP contribution >= 0.6 is 0 Å². The number of para-hydroxylation sites is 2. The van der Waals surface area contributed by atoms with Crippen LogP contribution in [0.4, 0.5) is 15.8 Å². The predicted octanol–water partition coefficient (Wildman–Crippen LogP) is 2.23. The van der Waals surface area contributed by atoms with Crippen molar-refractivity contribution in [2.45, 2.75) is 4.90 Å². The Bertz CT molecular complexity index is 701. The van der Waals surface area contributed by atoms with Gasteiger partial charge in [0, 0.05) is 7.05 Å². The van der Waals surface area contributed by atoms with E-state index >= 15 is 0 Å². The molecule has 0 aromatic heterocycles. The van der Waals surface area contributed by atoms with Crippen LogP contribution in [0, 0.1) is 5.82 Å². The van der Waals surface area contributed by atoms with Crippen molar-refractivity contribution in [2.75, 3.05) is 17.1 Å². The molecule has 2 N–H and O–H groups in total. The molecule has 0 saturated heterocycles. The summed E-state index contributed by atoms with van der Waals surface area (Å²) in [6.07, 6.45) is 0. The third-order valence-electron chi connectivity index (χ3n) is 2.75. The SMILES string of the molecule is CN(c1ccccc1N)S(=O)(=O)c1ccccc1F. The molecule has 4 nitrogen and oxygen atoms in total. The molecule has 19 heavy (non-hydrogen) atoms. The number of nitrogen functional groups attached to an aromatic ring is 1. The van der Waals surface area contributed by atoms with Crippen molar-refractivity contribution in [1.82, 2.24) is 0 Å². The highest BCUT2D eigenvalue weighted by molar-refractivity contribution is 7.92. The topological polar surface area (TPSA) is 63.4 Å². The molecule has 6 heteroatoms. The second-order valence-electron chi connectivity index (χ2n) is 3.96. The van der Waals surface area contributed by atoms with E-state index in [4.69, 9.17) is 5.73 Å². The molecule has 0 unspecified atom stereocenters. The number of hydrogen-bond acceptors (Lipinski definition) is 3. The Kier molecular flexibility index (Phi) is 3.44. The molecule has 100 valence electrons. The van der Waals surface area contributed by atoms with Crippen LogP contribution in [0.2, 0.25) is 0 Å². The van der Waals surface area contributed by atoms with Gasteiger partial charge in [-0.3, -0.25) is 4.31 Å². The lowest BCUT2D eigenvalue weighted by Crippen LogP contribution is -2.28. The Balaban J connectivity index is 2.52. The third-order valence-corrected chi connectivity index (χ3v) is 4.56. The van der Waals surface area contributed by atoms with Crippen LogP contribution < -0.4 is 10.0 Å². The van der Waals surface area contributed by atoms with Gasteiger partial charge in [-0.05, 0) is 24.3 Å². The van der Waals surface area contributed by atoms with Crippen molar-refractivity contribution < 1.29 is 12.8 Å². The van der Waals surface area contributed by atoms with Crippen molar-refractivity contribution in [1.29, 1.82) is 0 Å². The van der Waals surface area contributed by atoms with Crippen LogP contribution in [0.15, 0.2) is 53.4 Å². The Morgan fingerprint density at radius 2 is 1.63 bits per heavy atom. The highest BCUT2D eigenvalue weighted by Gasteiger charge is 2.25. The molecule has 2 rings (SSSR count). The number of nitrogens with zero attached hydrogens (tertiary/aromatic N) is 1. The molecule has 2 aromatic carbocycles. The lowest BCUT2D eigenvalue weighted by molar-refractivity contribution is 0.566. The first-order valence-corrected chi connectivity index (χ1v) is 6.96. The zero-order valence-corrected chi connectivity index (χ0v) is 11.1. The van der Waals surface area contributed by atoms with E-state index in [1.165, 1.54) is 25.2 Å². The van der Waals surface area contributed by atoms with Crippen molar-refractivity contribution in [3.05, 3.63) is 54.3 Å². The molecule has 0 aliphatic carbocycles. The van der Waals surface area contributed by atoms with Crippen molar-refractivity contribution in [3.8, 4) is 0 Å². The number of rotatable bonds is 3. The summed E-state index contributed by atoms with van der Waals surface area (Å²) in [5, 5.41) is 0. The Morgan fingerprint density at radius 1 is 1.05 bits per heavy atom. The van der Waals surface area contributed by atoms with Crippen LogP contribution in [0.5, 0.6) is 0 Å². The van der Waals surface area contributed by atoms with Gasteiger partial charge in [-0.2, -0.15) is 0 Å². The van der Waals surface area contributed by atoms with Crippen LogP contribution in [0.25, 0.3) is 0 Å². The van der Waals surface area contributed by atoms with E-state index in [-0.39, 0.29) is 4.90 Å². The van der Waals surface area contributed by atoms with E-state index in [1.807, 2.05) is 0 Å². The minimum absolute atomic E-state index is 0.310. The van der Waals surface area contributed by atoms with Crippen LogP contribution in [0.3, 0.4) is 0 Å². The van der Waals surface area contributed by atoms with E-state index in [0.29, 0.717) is 11.4 Å². The first kappa shape index (κ1) is 13.4. The van der Waals surface area contributed by atoms with Crippen molar-refractivity contribution >= 4 is 21.4 Å². The number of halogens is 1. The average molecular weight is 280 g/mol. The molecular weight excluding hydrogens is 267 g/mol. The highest BCUT2D eigenvalue weighted by atomic mass is 32.2. The van der Waals surface area contributed by atoms with E-state index in [2.05, 4.69) is 0 Å². The first-order valence-electron chi connectivity index (χ1n) is 5.52. The number of benzene rings is 2. The van der Waals surface area contributed by atoms with Crippen LogP contribution in [-0.2, 0) is 10.0 Å². The lowest BCUT2D eigenvalue weighted by atomic mass is 10.3. The van der Waals surface area contributed by atoms with E-state index in [9.17, 15) is 12.8 Å². The molecule has 0 radical (unpaired) electrons. The minimum atomic E-state index is -3.97. The number of nitrogens with two attached hydrogens (primary N) is 1. The Labute approximate surface area is 111 Å². The lowest BCUT2D eigenvalue weighted by Gasteiger charge is -2.21. The highest BCUT2D eigenvalue weighted by Crippen LogP contribution is 2.27. The monoisotopic (exact) mass is 280 g/mol. The van der Waals surface area contributed by atoms with E-state index < -0.39 is 15.8 Å². The Morgan fingerprint density at radius 3 is 2.26 bits per heavy atom. The van der Waals surface area contributed by atoms with Crippen molar-refractivity contribution in [2.24, 2.45) is 0 Å². The zero-order valence-electron chi connectivity index (χ0n) is 10.2. The van der Waals surface area contributed by atoms with Crippen molar-refractivity contribution in [3.63, 3.8) is 0 Å². The van der Waals surface area contributed by atoms with Gasteiger partial charge >= 0.3 is 0 Å². The van der Waals surface area contributed by atoms with Crippen LogP contribution in [0.1, 0.15) is 0 Å². The maximum atomic E-state index is 13.6. The molecule has 0 aliphatic rings. The summed E-state index contributed by atoms with van der Waals surface area (Å²) in [5.41, 5.74) is 6.36. The normalized spacial score (nSPS) is 11.3. The van der Waals surface area contributed by atoms with E-state index in [0.717, 1.165) is 10.4 Å². The second kappa shape index (κ2) is 4.89. The molecule has 0 aliphatic heterocycles. The summed E-state index contributed by atoms with van der Waals surface area (Å²) in [5.74, 6) is -0.788. The van der Waals surface area contributed by atoms with Gasteiger partial charge in [-0.25, -0.2) is 12.8 Å². The second-order valence-corrected chi connectivity index (χ2v) is 5.90. The standard InChI is InChI=1S/C13H13FN2O2S/c1-16(12-8-4-3-7-11(12)15)19(17,18)13-9-5-2-6-10(13)14/h2-9H,15H2,1H3. The fourth-order valence-corrected chi connectivity index (χ4v) is 2.99. The smallest absolute Gasteiger partial charge is 0.267 e. The van der Waals surface area contributed by atoms with Gasteiger partial charge in [0.05, 0.1) is 11.4 Å². The molecule has 0 heterocycles. The molecule has 0 atom stereocenters. The van der Waals surface area contributed by atoms with Gasteiger partial charge in [0.15, 0.2) is 0 Å². The quantitative estimate of drug-likeness (QED) is 0.877. The number of anilines is 2. The Hall–Kier alpha value is -2.08. The molecule has 0 bridgehead atoms. The average Bonchev–Trinajstić information content (AvgIpc) is 2.39. The van der Waals surface area contributed by atoms with Gasteiger partial charge in [-0.15, -0.1) is 0 Å². The summed E-state index contributed by atoms with van der Waals surface area (Å²) in [4.78, 5) is -0.374. The van der Waals surface area contributed by atoms with E-state index in [1.54, 1.807) is 24.3 Å². The predicted molar refractivity (Wildman–Crippen MR) is 72.8 cm³/mol. The van der Waals surface area contributed by atoms with Gasteiger partial charge in [0.2, 0.25) is 0 Å². The molecular formula is C13H13FN2O2S. The summed E-state index contributed by atoms with van der Waals surface area (Å²) in [6.45, 7) is 0. The molecule has 2 aromatic rings. The minimum Gasteiger partial charge on any atom is -0.397 e. The summed E-state index contributed by atoms with van der Waals surface area (Å²) in [7, 11) is -2.63. The number of hydrogen-bond donors (Lipinski definition) is 1. The summed E-state index contributed by atoms with van der Waals surface area (Å²) < 4.78 is 39.3. The van der Waals surface area contributed by atoms with Gasteiger partial charge in [0.25, 0.3) is 10.0 Å². The molecule has 0 saturated carbocycles. The molecule has 0 fully saturated rings. The molecule has 0 amide bonds. The first-order chi connectivity index (χ1) is 8.94. The van der Waals surface area contributed by atoms with Crippen LogP contribution in [-0.4, -0.2) is 15.5 Å². The zero-order chi connectivity index (χ0) is 14.0. The third kappa shape index (κ3) is 2.39. The largest absolute Gasteiger partial charge is 0.397 e. The van der Waals surface area contributed by atoms with Gasteiger partial charge in [-0.1, -0.05) is 24.3 Å². The fraction of sp³-hybridized carbons (Fsp3) is 0.0769. The van der Waals surface area contributed by atoms with Gasteiger partial charge in [0.1, 0.15) is 10.7 Å². The summed E-state index contributed by atoms with van der Waals surface area (Å²) in [6, 6.07) is 11.7. The maximum absolute atomic E-state index is 13.6. The fourth-order valence-electron chi connectivity index (χ4n) is 1.71.